The average molecular weight is 562 g/mol. The molecule has 11 heteroatoms. The minimum atomic E-state index is -0.106. The van der Waals surface area contributed by atoms with Gasteiger partial charge in [0, 0.05) is 30.4 Å². The van der Waals surface area contributed by atoms with Crippen LogP contribution in [0.25, 0.3) is 0 Å². The Morgan fingerprint density at radius 2 is 1.56 bits per heavy atom. The Hall–Kier alpha value is -3.96. The van der Waals surface area contributed by atoms with E-state index in [1.54, 1.807) is 19.2 Å². The second-order valence-corrected chi connectivity index (χ2v) is 10.4. The van der Waals surface area contributed by atoms with Gasteiger partial charge in [-0.1, -0.05) is 24.6 Å². The highest BCUT2D eigenvalue weighted by Crippen LogP contribution is 2.45. The lowest BCUT2D eigenvalue weighted by Crippen LogP contribution is -2.27. The highest BCUT2D eigenvalue weighted by molar-refractivity contribution is 5.94. The second-order valence-electron chi connectivity index (χ2n) is 10.4. The van der Waals surface area contributed by atoms with E-state index in [1.165, 1.54) is 25.7 Å². The van der Waals surface area contributed by atoms with Gasteiger partial charge in [-0.3, -0.25) is 4.79 Å². The first-order valence-corrected chi connectivity index (χ1v) is 14.3. The predicted octanol–water partition coefficient (Wildman–Crippen LogP) is 4.10. The van der Waals surface area contributed by atoms with Gasteiger partial charge < -0.3 is 35.5 Å². The zero-order chi connectivity index (χ0) is 28.3. The van der Waals surface area contributed by atoms with Gasteiger partial charge >= 0.3 is 0 Å². The SMILES string of the molecule is COc1ccc(Nc2nc(NCCOCCOCCNC(=O)c3ccccc3)nc(NC3CC4CCC3C4)n2)cc1. The van der Waals surface area contributed by atoms with Crippen LogP contribution in [0.5, 0.6) is 5.75 Å². The van der Waals surface area contributed by atoms with Gasteiger partial charge in [0.15, 0.2) is 0 Å². The summed E-state index contributed by atoms with van der Waals surface area (Å²) in [6, 6.07) is 17.2. The molecule has 0 saturated heterocycles. The summed E-state index contributed by atoms with van der Waals surface area (Å²) >= 11 is 0. The van der Waals surface area contributed by atoms with Crippen LogP contribution in [-0.4, -0.2) is 73.5 Å². The van der Waals surface area contributed by atoms with Crippen LogP contribution in [0.1, 0.15) is 36.0 Å². The Balaban J connectivity index is 1.04. The monoisotopic (exact) mass is 561 g/mol. The summed E-state index contributed by atoms with van der Waals surface area (Å²) < 4.78 is 16.5. The van der Waals surface area contributed by atoms with Crippen LogP contribution in [0, 0.1) is 11.8 Å². The number of aromatic nitrogens is 3. The molecule has 11 nitrogen and oxygen atoms in total. The van der Waals surface area contributed by atoms with E-state index in [4.69, 9.17) is 14.2 Å². The molecule has 2 aliphatic rings. The third kappa shape index (κ3) is 8.51. The maximum atomic E-state index is 12.0. The molecule has 2 aliphatic carbocycles. The van der Waals surface area contributed by atoms with Crippen molar-refractivity contribution < 1.29 is 19.0 Å². The van der Waals surface area contributed by atoms with Gasteiger partial charge in [-0.05, 0) is 67.5 Å². The maximum Gasteiger partial charge on any atom is 0.251 e. The van der Waals surface area contributed by atoms with Crippen molar-refractivity contribution in [3.05, 3.63) is 60.2 Å². The van der Waals surface area contributed by atoms with Crippen LogP contribution in [-0.2, 0) is 9.47 Å². The van der Waals surface area contributed by atoms with E-state index < -0.39 is 0 Å². The molecule has 2 fully saturated rings. The Morgan fingerprint density at radius 1 is 0.829 bits per heavy atom. The number of amides is 1. The lowest BCUT2D eigenvalue weighted by Gasteiger charge is -2.23. The number of ether oxygens (including phenoxy) is 3. The fraction of sp³-hybridized carbons (Fsp3) is 0.467. The minimum Gasteiger partial charge on any atom is -0.497 e. The van der Waals surface area contributed by atoms with Gasteiger partial charge in [-0.25, -0.2) is 0 Å². The number of methoxy groups -OCH3 is 1. The number of anilines is 4. The molecular weight excluding hydrogens is 522 g/mol. The van der Waals surface area contributed by atoms with E-state index in [0.29, 0.717) is 74.9 Å². The third-order valence-corrected chi connectivity index (χ3v) is 7.50. The van der Waals surface area contributed by atoms with E-state index in [2.05, 4.69) is 36.2 Å². The molecular formula is C30H39N7O4. The van der Waals surface area contributed by atoms with Gasteiger partial charge in [-0.15, -0.1) is 0 Å². The first kappa shape index (κ1) is 28.6. The van der Waals surface area contributed by atoms with Crippen molar-refractivity contribution in [2.75, 3.05) is 62.6 Å². The normalized spacial score (nSPS) is 19.1. The van der Waals surface area contributed by atoms with Crippen LogP contribution in [0.15, 0.2) is 54.6 Å². The molecule has 1 heterocycles. The number of nitrogens with one attached hydrogen (secondary N) is 4. The van der Waals surface area contributed by atoms with E-state index in [1.807, 2.05) is 42.5 Å². The molecule has 3 unspecified atom stereocenters. The van der Waals surface area contributed by atoms with E-state index >= 15 is 0 Å². The first-order chi connectivity index (χ1) is 20.2. The summed E-state index contributed by atoms with van der Waals surface area (Å²) in [7, 11) is 1.64. The fourth-order valence-electron chi connectivity index (χ4n) is 5.45. The largest absolute Gasteiger partial charge is 0.497 e. The van der Waals surface area contributed by atoms with Crippen LogP contribution < -0.4 is 26.0 Å². The standard InChI is InChI=1S/C30H39N7O4/c1-39-25-11-9-24(10-12-25)33-29-35-28(36-30(37-29)34-26-20-21-7-8-23(26)19-21)32-14-16-41-18-17-40-15-13-31-27(38)22-5-3-2-4-6-22/h2-6,9-12,21,23,26H,7-8,13-20H2,1H3,(H,31,38)(H3,32,33,34,35,36,37). The zero-order valence-corrected chi connectivity index (χ0v) is 23.5. The second kappa shape index (κ2) is 14.6. The summed E-state index contributed by atoms with van der Waals surface area (Å²) in [5.41, 5.74) is 1.50. The van der Waals surface area contributed by atoms with Crippen LogP contribution >= 0.6 is 0 Å². The Morgan fingerprint density at radius 3 is 2.27 bits per heavy atom. The fourth-order valence-corrected chi connectivity index (χ4v) is 5.45. The molecule has 1 amide bonds. The number of hydrogen-bond donors (Lipinski definition) is 4. The van der Waals surface area contributed by atoms with Crippen LogP contribution in [0.2, 0.25) is 0 Å². The average Bonchev–Trinajstić information content (AvgIpc) is 3.62. The van der Waals surface area contributed by atoms with Crippen molar-refractivity contribution in [1.29, 1.82) is 0 Å². The van der Waals surface area contributed by atoms with Gasteiger partial charge in [0.05, 0.1) is 33.5 Å². The van der Waals surface area contributed by atoms with Gasteiger partial charge in [0.2, 0.25) is 17.8 Å². The summed E-state index contributed by atoms with van der Waals surface area (Å²) in [6.45, 7) is 2.77. The predicted molar refractivity (Wildman–Crippen MR) is 158 cm³/mol. The topological polar surface area (TPSA) is 132 Å². The molecule has 4 N–H and O–H groups in total. The number of nitrogens with zero attached hydrogens (tertiary/aromatic N) is 3. The Kier molecular flexibility index (Phi) is 10.2. The lowest BCUT2D eigenvalue weighted by molar-refractivity contribution is 0.0519. The molecule has 0 radical (unpaired) electrons. The molecule has 2 bridgehead atoms. The highest BCUT2D eigenvalue weighted by Gasteiger charge is 2.39. The number of carbonyl (C=O) groups is 1. The number of benzene rings is 2. The quantitative estimate of drug-likeness (QED) is 0.190. The summed E-state index contributed by atoms with van der Waals surface area (Å²) in [4.78, 5) is 25.9. The van der Waals surface area contributed by atoms with Crippen LogP contribution in [0.4, 0.5) is 23.5 Å². The molecule has 41 heavy (non-hydrogen) atoms. The minimum absolute atomic E-state index is 0.106. The molecule has 0 spiro atoms. The molecule has 2 aromatic carbocycles. The summed E-state index contributed by atoms with van der Waals surface area (Å²) in [5, 5.41) is 12.9. The number of fused-ring (bicyclic) bond motifs is 2. The molecule has 5 rings (SSSR count). The molecule has 1 aromatic heterocycles. The van der Waals surface area contributed by atoms with Gasteiger partial charge in [0.25, 0.3) is 5.91 Å². The smallest absolute Gasteiger partial charge is 0.251 e. The van der Waals surface area contributed by atoms with Crippen molar-refractivity contribution in [1.82, 2.24) is 20.3 Å². The maximum absolute atomic E-state index is 12.0. The van der Waals surface area contributed by atoms with E-state index in [-0.39, 0.29) is 5.91 Å². The van der Waals surface area contributed by atoms with E-state index in [9.17, 15) is 4.79 Å². The Labute approximate surface area is 240 Å². The van der Waals surface area contributed by atoms with Crippen molar-refractivity contribution in [2.45, 2.75) is 31.7 Å². The molecule has 3 atom stereocenters. The first-order valence-electron chi connectivity index (χ1n) is 14.3. The molecule has 3 aromatic rings. The molecule has 0 aliphatic heterocycles. The molecule has 218 valence electrons. The van der Waals surface area contributed by atoms with Crippen molar-refractivity contribution in [2.24, 2.45) is 11.8 Å². The lowest BCUT2D eigenvalue weighted by atomic mass is 9.95. The van der Waals surface area contributed by atoms with E-state index in [0.717, 1.165) is 17.4 Å². The van der Waals surface area contributed by atoms with Crippen LogP contribution in [0.3, 0.4) is 0 Å². The highest BCUT2D eigenvalue weighted by atomic mass is 16.5. The van der Waals surface area contributed by atoms with Gasteiger partial charge in [0.1, 0.15) is 5.75 Å². The third-order valence-electron chi connectivity index (χ3n) is 7.50. The summed E-state index contributed by atoms with van der Waals surface area (Å²) in [5.74, 6) is 3.72. The molecule has 2 saturated carbocycles. The number of hydrogen-bond acceptors (Lipinski definition) is 10. The zero-order valence-electron chi connectivity index (χ0n) is 23.5. The number of rotatable bonds is 16. The van der Waals surface area contributed by atoms with Crippen molar-refractivity contribution >= 4 is 29.4 Å². The van der Waals surface area contributed by atoms with Crippen molar-refractivity contribution in [3.8, 4) is 5.75 Å². The Bertz CT molecular complexity index is 1250. The van der Waals surface area contributed by atoms with Crippen molar-refractivity contribution in [3.63, 3.8) is 0 Å². The summed E-state index contributed by atoms with van der Waals surface area (Å²) in [6.07, 6.45) is 5.09. The number of carbonyl (C=O) groups excluding carboxylic acids is 1. The van der Waals surface area contributed by atoms with Gasteiger partial charge in [-0.2, -0.15) is 15.0 Å².